The molecule has 176 valence electrons. The predicted molar refractivity (Wildman–Crippen MR) is 128 cm³/mol. The van der Waals surface area contributed by atoms with Gasteiger partial charge in [0.2, 0.25) is 5.91 Å². The first kappa shape index (κ1) is 23.5. The number of carbonyl (C=O) groups excluding carboxylic acids is 2. The van der Waals surface area contributed by atoms with Gasteiger partial charge in [-0.25, -0.2) is 0 Å². The summed E-state index contributed by atoms with van der Waals surface area (Å²) in [5, 5.41) is 3.56. The molecule has 2 aromatic rings. The van der Waals surface area contributed by atoms with Gasteiger partial charge in [-0.1, -0.05) is 23.7 Å². The number of nitrogens with one attached hydrogen (secondary N) is 1. The smallest absolute Gasteiger partial charge is 0.257 e. The van der Waals surface area contributed by atoms with E-state index in [0.29, 0.717) is 42.3 Å². The van der Waals surface area contributed by atoms with Crippen molar-refractivity contribution in [3.63, 3.8) is 0 Å². The van der Waals surface area contributed by atoms with Crippen molar-refractivity contribution in [3.8, 4) is 5.75 Å². The third-order valence-corrected chi connectivity index (χ3v) is 6.48. The minimum atomic E-state index is -0.127. The van der Waals surface area contributed by atoms with Crippen LogP contribution in [0.1, 0.15) is 28.8 Å². The first-order chi connectivity index (χ1) is 16.0. The monoisotopic (exact) mass is 471 g/mol. The molecule has 0 saturated carbocycles. The number of amides is 2. The third-order valence-electron chi connectivity index (χ3n) is 6.25. The molecule has 33 heavy (non-hydrogen) atoms. The minimum Gasteiger partial charge on any atom is -0.496 e. The number of morpholine rings is 1. The SMILES string of the molecule is COc1ccc(Cl)cc1C(=O)N1CCC(C(=O)Nc2cccc(CN3CCOCC3)c2)CC1. The van der Waals surface area contributed by atoms with Crippen LogP contribution in [0.5, 0.6) is 5.75 Å². The second-order valence-corrected chi connectivity index (χ2v) is 8.93. The van der Waals surface area contributed by atoms with Crippen LogP contribution in [0, 0.1) is 5.92 Å². The van der Waals surface area contributed by atoms with Crippen LogP contribution in [0.2, 0.25) is 5.02 Å². The van der Waals surface area contributed by atoms with Gasteiger partial charge in [0.15, 0.2) is 0 Å². The Balaban J connectivity index is 1.31. The standard InChI is InChI=1S/C25H30ClN3O4/c1-32-23-6-5-20(26)16-22(23)25(31)29-9-7-19(8-10-29)24(30)27-21-4-2-3-18(15-21)17-28-11-13-33-14-12-28/h2-6,15-16,19H,7-14,17H2,1H3,(H,27,30). The van der Waals surface area contributed by atoms with Crippen molar-refractivity contribution >= 4 is 29.1 Å². The lowest BCUT2D eigenvalue weighted by molar-refractivity contribution is -0.121. The van der Waals surface area contributed by atoms with Gasteiger partial charge in [-0.3, -0.25) is 14.5 Å². The average molecular weight is 472 g/mol. The Hall–Kier alpha value is -2.61. The van der Waals surface area contributed by atoms with Crippen molar-refractivity contribution in [2.24, 2.45) is 5.92 Å². The van der Waals surface area contributed by atoms with Gasteiger partial charge in [0.25, 0.3) is 5.91 Å². The number of carbonyl (C=O) groups is 2. The lowest BCUT2D eigenvalue weighted by Gasteiger charge is -2.31. The van der Waals surface area contributed by atoms with E-state index < -0.39 is 0 Å². The van der Waals surface area contributed by atoms with Gasteiger partial charge in [0, 0.05) is 49.4 Å². The number of hydrogen-bond acceptors (Lipinski definition) is 5. The number of methoxy groups -OCH3 is 1. The Morgan fingerprint density at radius 1 is 1.09 bits per heavy atom. The number of anilines is 1. The maximum atomic E-state index is 13.0. The molecule has 0 bridgehead atoms. The number of halogens is 1. The molecule has 4 rings (SSSR count). The molecule has 2 aliphatic rings. The number of rotatable bonds is 6. The molecule has 2 saturated heterocycles. The van der Waals surface area contributed by atoms with Crippen molar-refractivity contribution in [1.82, 2.24) is 9.80 Å². The van der Waals surface area contributed by atoms with Gasteiger partial charge in [-0.05, 0) is 48.7 Å². The molecule has 0 aromatic heterocycles. The highest BCUT2D eigenvalue weighted by molar-refractivity contribution is 6.31. The maximum Gasteiger partial charge on any atom is 0.257 e. The Morgan fingerprint density at radius 3 is 2.58 bits per heavy atom. The fraction of sp³-hybridized carbons (Fsp3) is 0.440. The van der Waals surface area contributed by atoms with Gasteiger partial charge in [-0.2, -0.15) is 0 Å². The van der Waals surface area contributed by atoms with Gasteiger partial charge < -0.3 is 19.7 Å². The highest BCUT2D eigenvalue weighted by Crippen LogP contribution is 2.27. The fourth-order valence-corrected chi connectivity index (χ4v) is 4.54. The molecule has 2 heterocycles. The quantitative estimate of drug-likeness (QED) is 0.696. The van der Waals surface area contributed by atoms with Crippen LogP contribution in [-0.2, 0) is 16.1 Å². The largest absolute Gasteiger partial charge is 0.496 e. The fourth-order valence-electron chi connectivity index (χ4n) is 4.37. The second kappa shape index (κ2) is 11.0. The highest BCUT2D eigenvalue weighted by atomic mass is 35.5. The van der Waals surface area contributed by atoms with Crippen molar-refractivity contribution in [2.75, 3.05) is 51.8 Å². The molecule has 2 fully saturated rings. The molecule has 7 nitrogen and oxygen atoms in total. The number of hydrogen-bond donors (Lipinski definition) is 1. The van der Waals surface area contributed by atoms with Gasteiger partial charge in [-0.15, -0.1) is 0 Å². The predicted octanol–water partition coefficient (Wildman–Crippen LogP) is 3.67. The molecular formula is C25H30ClN3O4. The van der Waals surface area contributed by atoms with E-state index in [0.717, 1.165) is 38.5 Å². The Morgan fingerprint density at radius 2 is 1.85 bits per heavy atom. The van der Waals surface area contributed by atoms with E-state index in [9.17, 15) is 9.59 Å². The summed E-state index contributed by atoms with van der Waals surface area (Å²) < 4.78 is 10.7. The lowest BCUT2D eigenvalue weighted by Crippen LogP contribution is -2.41. The summed E-state index contributed by atoms with van der Waals surface area (Å²) in [7, 11) is 1.53. The zero-order valence-electron chi connectivity index (χ0n) is 18.9. The number of ether oxygens (including phenoxy) is 2. The number of likely N-dealkylation sites (tertiary alicyclic amines) is 1. The summed E-state index contributed by atoms with van der Waals surface area (Å²) in [5.41, 5.74) is 2.43. The highest BCUT2D eigenvalue weighted by Gasteiger charge is 2.29. The van der Waals surface area contributed by atoms with E-state index in [1.807, 2.05) is 18.2 Å². The van der Waals surface area contributed by atoms with Crippen molar-refractivity contribution in [1.29, 1.82) is 0 Å². The van der Waals surface area contributed by atoms with Gasteiger partial charge >= 0.3 is 0 Å². The van der Waals surface area contributed by atoms with E-state index in [2.05, 4.69) is 16.3 Å². The summed E-state index contributed by atoms with van der Waals surface area (Å²) in [6, 6.07) is 13.0. The zero-order chi connectivity index (χ0) is 23.2. The minimum absolute atomic E-state index is 0.00552. The van der Waals surface area contributed by atoms with Crippen molar-refractivity contribution in [2.45, 2.75) is 19.4 Å². The van der Waals surface area contributed by atoms with Crippen LogP contribution in [-0.4, -0.2) is 68.1 Å². The van der Waals surface area contributed by atoms with Crippen molar-refractivity contribution < 1.29 is 19.1 Å². The van der Waals surface area contributed by atoms with Crippen LogP contribution < -0.4 is 10.1 Å². The molecule has 0 spiro atoms. The number of benzene rings is 2. The third kappa shape index (κ3) is 6.05. The van der Waals surface area contributed by atoms with E-state index in [-0.39, 0.29) is 17.7 Å². The molecule has 2 amide bonds. The molecule has 0 atom stereocenters. The number of piperidine rings is 1. The maximum absolute atomic E-state index is 13.0. The summed E-state index contributed by atoms with van der Waals surface area (Å²) in [5.74, 6) is 0.259. The van der Waals surface area contributed by atoms with E-state index in [1.54, 1.807) is 23.1 Å². The first-order valence-corrected chi connectivity index (χ1v) is 11.7. The molecule has 2 aliphatic heterocycles. The lowest BCUT2D eigenvalue weighted by atomic mass is 9.95. The summed E-state index contributed by atoms with van der Waals surface area (Å²) in [4.78, 5) is 30.0. The van der Waals surface area contributed by atoms with E-state index >= 15 is 0 Å². The second-order valence-electron chi connectivity index (χ2n) is 8.49. The molecule has 0 aliphatic carbocycles. The van der Waals surface area contributed by atoms with Crippen LogP contribution in [0.25, 0.3) is 0 Å². The van der Waals surface area contributed by atoms with Gasteiger partial charge in [0.1, 0.15) is 5.75 Å². The normalized spacial score (nSPS) is 17.6. The van der Waals surface area contributed by atoms with E-state index in [4.69, 9.17) is 21.1 Å². The molecule has 0 radical (unpaired) electrons. The Bertz CT molecular complexity index is 985. The van der Waals surface area contributed by atoms with Crippen LogP contribution >= 0.6 is 11.6 Å². The number of nitrogens with zero attached hydrogens (tertiary/aromatic N) is 2. The van der Waals surface area contributed by atoms with Gasteiger partial charge in [0.05, 0.1) is 25.9 Å². The molecular weight excluding hydrogens is 442 g/mol. The molecule has 2 aromatic carbocycles. The van der Waals surface area contributed by atoms with Crippen LogP contribution in [0.3, 0.4) is 0 Å². The summed E-state index contributed by atoms with van der Waals surface area (Å²) >= 11 is 6.08. The van der Waals surface area contributed by atoms with Crippen LogP contribution in [0.15, 0.2) is 42.5 Å². The summed E-state index contributed by atoms with van der Waals surface area (Å²) in [6.45, 7) is 5.27. The first-order valence-electron chi connectivity index (χ1n) is 11.4. The van der Waals surface area contributed by atoms with Crippen molar-refractivity contribution in [3.05, 3.63) is 58.6 Å². The molecule has 8 heteroatoms. The molecule has 0 unspecified atom stereocenters. The molecule has 1 N–H and O–H groups in total. The summed E-state index contributed by atoms with van der Waals surface area (Å²) in [6.07, 6.45) is 1.24. The average Bonchev–Trinajstić information content (AvgIpc) is 2.84. The van der Waals surface area contributed by atoms with Crippen LogP contribution in [0.4, 0.5) is 5.69 Å². The Labute approximate surface area is 199 Å². The van der Waals surface area contributed by atoms with E-state index in [1.165, 1.54) is 12.7 Å². The zero-order valence-corrected chi connectivity index (χ0v) is 19.6. The topological polar surface area (TPSA) is 71.1 Å². The Kier molecular flexibility index (Phi) is 7.85.